The molecule has 1 unspecified atom stereocenters. The van der Waals surface area contributed by atoms with E-state index in [1.54, 1.807) is 11.3 Å². The molecule has 0 aliphatic heterocycles. The number of aromatic nitrogens is 1. The molecule has 0 fully saturated rings. The van der Waals surface area contributed by atoms with E-state index in [0.29, 0.717) is 6.04 Å². The standard InChI is InChI=1S/C20H39N5S.HI/c1-6-21-20(24-17(4)12-11-15-25(7-2)8-3)22-14-10-9-13-19-23-18(5)16-26-19;/h16-17H,6-15H2,1-5H3,(H2,21,22,24);1H. The number of hydrogen-bond donors (Lipinski definition) is 2. The van der Waals surface area contributed by atoms with Gasteiger partial charge in [0.2, 0.25) is 0 Å². The molecule has 1 heterocycles. The van der Waals surface area contributed by atoms with Crippen molar-refractivity contribution >= 4 is 41.3 Å². The highest BCUT2D eigenvalue weighted by molar-refractivity contribution is 14.0. The molecule has 0 saturated heterocycles. The second-order valence-corrected chi connectivity index (χ2v) is 7.76. The van der Waals surface area contributed by atoms with E-state index in [2.05, 4.69) is 60.5 Å². The largest absolute Gasteiger partial charge is 0.357 e. The van der Waals surface area contributed by atoms with Crippen molar-refractivity contribution in [3.63, 3.8) is 0 Å². The van der Waals surface area contributed by atoms with Gasteiger partial charge in [0.25, 0.3) is 0 Å². The van der Waals surface area contributed by atoms with Crippen LogP contribution in [0.4, 0.5) is 0 Å². The number of nitrogens with zero attached hydrogens (tertiary/aromatic N) is 3. The van der Waals surface area contributed by atoms with Crippen LogP contribution in [0.5, 0.6) is 0 Å². The van der Waals surface area contributed by atoms with E-state index in [-0.39, 0.29) is 24.0 Å². The average Bonchev–Trinajstić information content (AvgIpc) is 3.03. The van der Waals surface area contributed by atoms with Crippen LogP contribution in [0.3, 0.4) is 0 Å². The topological polar surface area (TPSA) is 52.6 Å². The third kappa shape index (κ3) is 12.6. The lowest BCUT2D eigenvalue weighted by molar-refractivity contribution is 0.292. The third-order valence-electron chi connectivity index (χ3n) is 4.47. The molecule has 2 N–H and O–H groups in total. The van der Waals surface area contributed by atoms with Gasteiger partial charge in [0, 0.05) is 30.2 Å². The van der Waals surface area contributed by atoms with E-state index in [1.807, 2.05) is 0 Å². The molecule has 0 bridgehead atoms. The van der Waals surface area contributed by atoms with E-state index < -0.39 is 0 Å². The van der Waals surface area contributed by atoms with E-state index in [4.69, 9.17) is 4.99 Å². The van der Waals surface area contributed by atoms with Crippen LogP contribution >= 0.6 is 35.3 Å². The summed E-state index contributed by atoms with van der Waals surface area (Å²) in [6.45, 7) is 16.1. The maximum atomic E-state index is 4.73. The monoisotopic (exact) mass is 509 g/mol. The van der Waals surface area contributed by atoms with Gasteiger partial charge in [0.1, 0.15) is 0 Å². The quantitative estimate of drug-likeness (QED) is 0.179. The van der Waals surface area contributed by atoms with Crippen LogP contribution in [0.15, 0.2) is 10.4 Å². The minimum Gasteiger partial charge on any atom is -0.357 e. The zero-order valence-electron chi connectivity index (χ0n) is 17.9. The molecule has 0 amide bonds. The Labute approximate surface area is 187 Å². The van der Waals surface area contributed by atoms with Crippen molar-refractivity contribution in [2.24, 2.45) is 4.99 Å². The summed E-state index contributed by atoms with van der Waals surface area (Å²) in [5, 5.41) is 10.3. The predicted molar refractivity (Wildman–Crippen MR) is 131 cm³/mol. The van der Waals surface area contributed by atoms with Gasteiger partial charge >= 0.3 is 0 Å². The molecule has 0 radical (unpaired) electrons. The highest BCUT2D eigenvalue weighted by Crippen LogP contribution is 2.11. The summed E-state index contributed by atoms with van der Waals surface area (Å²) in [5.41, 5.74) is 1.14. The minimum absolute atomic E-state index is 0. The first-order valence-corrected chi connectivity index (χ1v) is 11.1. The van der Waals surface area contributed by atoms with Gasteiger partial charge in [0.05, 0.1) is 5.01 Å². The SMILES string of the molecule is CCNC(=NCCCCc1nc(C)cs1)NC(C)CCCN(CC)CC.I. The maximum absolute atomic E-state index is 4.73. The van der Waals surface area contributed by atoms with Crippen LogP contribution in [0.1, 0.15) is 64.1 Å². The Kier molecular flexibility index (Phi) is 16.3. The molecule has 1 atom stereocenters. The summed E-state index contributed by atoms with van der Waals surface area (Å²) in [4.78, 5) is 11.7. The molecule has 1 aromatic heterocycles. The van der Waals surface area contributed by atoms with E-state index in [1.165, 1.54) is 24.4 Å². The van der Waals surface area contributed by atoms with Gasteiger partial charge in [0.15, 0.2) is 5.96 Å². The highest BCUT2D eigenvalue weighted by atomic mass is 127. The summed E-state index contributed by atoms with van der Waals surface area (Å²) in [6, 6.07) is 0.446. The molecular weight excluding hydrogens is 469 g/mol. The lowest BCUT2D eigenvalue weighted by Crippen LogP contribution is -2.42. The Hall–Kier alpha value is -0.410. The summed E-state index contributed by atoms with van der Waals surface area (Å²) in [5.74, 6) is 0.952. The van der Waals surface area contributed by atoms with E-state index in [9.17, 15) is 0 Å². The molecular formula is C20H40IN5S. The summed E-state index contributed by atoms with van der Waals surface area (Å²) in [6.07, 6.45) is 5.72. The Morgan fingerprint density at radius 2 is 1.96 bits per heavy atom. The van der Waals surface area contributed by atoms with Crippen molar-refractivity contribution in [3.8, 4) is 0 Å². The minimum atomic E-state index is 0. The second kappa shape index (κ2) is 16.5. The van der Waals surface area contributed by atoms with Crippen LogP contribution in [0, 0.1) is 6.92 Å². The molecule has 5 nitrogen and oxygen atoms in total. The number of halogens is 1. The summed E-state index contributed by atoms with van der Waals surface area (Å²) < 4.78 is 0. The van der Waals surface area contributed by atoms with Crippen LogP contribution < -0.4 is 10.6 Å². The maximum Gasteiger partial charge on any atom is 0.191 e. The number of nitrogens with one attached hydrogen (secondary N) is 2. The first-order valence-electron chi connectivity index (χ1n) is 10.3. The molecule has 0 saturated carbocycles. The van der Waals surface area contributed by atoms with Gasteiger partial charge in [-0.1, -0.05) is 13.8 Å². The van der Waals surface area contributed by atoms with Gasteiger partial charge in [-0.15, -0.1) is 35.3 Å². The van der Waals surface area contributed by atoms with Crippen molar-refractivity contribution < 1.29 is 0 Å². The highest BCUT2D eigenvalue weighted by Gasteiger charge is 2.06. The zero-order chi connectivity index (χ0) is 19.2. The number of thiazole rings is 1. The summed E-state index contributed by atoms with van der Waals surface area (Å²) in [7, 11) is 0. The molecule has 0 aliphatic carbocycles. The van der Waals surface area contributed by atoms with Gasteiger partial charge in [-0.05, 0) is 72.5 Å². The molecule has 27 heavy (non-hydrogen) atoms. The molecule has 0 aromatic carbocycles. The number of aryl methyl sites for hydroxylation is 2. The summed E-state index contributed by atoms with van der Waals surface area (Å²) >= 11 is 1.77. The molecule has 0 spiro atoms. The van der Waals surface area contributed by atoms with Crippen LogP contribution in [0.2, 0.25) is 0 Å². The van der Waals surface area contributed by atoms with Gasteiger partial charge in [-0.25, -0.2) is 4.98 Å². The normalized spacial score (nSPS) is 12.7. The number of hydrogen-bond acceptors (Lipinski definition) is 4. The Bertz CT molecular complexity index is 502. The Morgan fingerprint density at radius 1 is 1.22 bits per heavy atom. The van der Waals surface area contributed by atoms with Crippen molar-refractivity contribution in [2.45, 2.75) is 72.8 Å². The van der Waals surface area contributed by atoms with E-state index >= 15 is 0 Å². The Balaban J connectivity index is 0.00000676. The first kappa shape index (κ1) is 26.6. The van der Waals surface area contributed by atoms with Gasteiger partial charge in [-0.3, -0.25) is 4.99 Å². The van der Waals surface area contributed by atoms with Crippen LogP contribution in [-0.2, 0) is 6.42 Å². The fourth-order valence-corrected chi connectivity index (χ4v) is 3.70. The molecule has 1 aromatic rings. The number of rotatable bonds is 13. The zero-order valence-corrected chi connectivity index (χ0v) is 21.0. The van der Waals surface area contributed by atoms with E-state index in [0.717, 1.165) is 57.1 Å². The van der Waals surface area contributed by atoms with Crippen molar-refractivity contribution in [3.05, 3.63) is 16.1 Å². The first-order chi connectivity index (χ1) is 12.6. The molecule has 1 rings (SSSR count). The smallest absolute Gasteiger partial charge is 0.191 e. The fraction of sp³-hybridized carbons (Fsp3) is 0.800. The molecule has 0 aliphatic rings. The van der Waals surface area contributed by atoms with Crippen molar-refractivity contribution in [2.75, 3.05) is 32.7 Å². The number of aliphatic imine (C=N–C) groups is 1. The van der Waals surface area contributed by atoms with Crippen LogP contribution in [-0.4, -0.2) is 54.6 Å². The number of guanidine groups is 1. The van der Waals surface area contributed by atoms with Crippen molar-refractivity contribution in [1.29, 1.82) is 0 Å². The Morgan fingerprint density at radius 3 is 2.56 bits per heavy atom. The third-order valence-corrected chi connectivity index (χ3v) is 5.49. The van der Waals surface area contributed by atoms with Crippen LogP contribution in [0.25, 0.3) is 0 Å². The van der Waals surface area contributed by atoms with Crippen molar-refractivity contribution in [1.82, 2.24) is 20.5 Å². The fourth-order valence-electron chi connectivity index (χ4n) is 2.88. The second-order valence-electron chi connectivity index (χ2n) is 6.81. The molecule has 158 valence electrons. The van der Waals surface area contributed by atoms with Gasteiger partial charge < -0.3 is 15.5 Å². The lowest BCUT2D eigenvalue weighted by Gasteiger charge is -2.21. The lowest BCUT2D eigenvalue weighted by atomic mass is 10.2. The van der Waals surface area contributed by atoms with Gasteiger partial charge in [-0.2, -0.15) is 0 Å². The average molecular weight is 510 g/mol. The predicted octanol–water partition coefficient (Wildman–Crippen LogP) is 4.46. The number of unbranched alkanes of at least 4 members (excludes halogenated alkanes) is 1. The molecule has 7 heteroatoms.